The molecule has 0 rings (SSSR count). The number of unbranched alkanes of at least 4 members (excludes halogenated alkanes) is 11. The molecule has 0 fully saturated rings. The number of carbonyl (C=O) groups is 1. The molecular weight excluding hydrogens is 290 g/mol. The molecule has 1 amide bonds. The number of nitrogens with one attached hydrogen (secondary N) is 1. The molecule has 4 heteroatoms. The van der Waals surface area contributed by atoms with Crippen molar-refractivity contribution in [2.24, 2.45) is 0 Å². The molecule has 0 aromatic rings. The van der Waals surface area contributed by atoms with Gasteiger partial charge in [0.1, 0.15) is 0 Å². The van der Waals surface area contributed by atoms with Crippen LogP contribution in [0.15, 0.2) is 12.2 Å². The van der Waals surface area contributed by atoms with Crippen LogP contribution in [0.5, 0.6) is 0 Å². The molecule has 23 heavy (non-hydrogen) atoms. The van der Waals surface area contributed by atoms with Crippen molar-refractivity contribution < 1.29 is 15.0 Å². The first-order valence-electron chi connectivity index (χ1n) is 9.47. The van der Waals surface area contributed by atoms with Gasteiger partial charge >= 0.3 is 0 Å². The molecule has 0 aliphatic carbocycles. The Morgan fingerprint density at radius 1 is 0.826 bits per heavy atom. The normalized spacial score (nSPS) is 11.5. The average Bonchev–Trinajstić information content (AvgIpc) is 2.50. The van der Waals surface area contributed by atoms with Crippen LogP contribution in [-0.2, 0) is 4.79 Å². The van der Waals surface area contributed by atoms with Crippen LogP contribution in [0.3, 0.4) is 0 Å². The Morgan fingerprint density at radius 3 is 1.83 bits per heavy atom. The van der Waals surface area contributed by atoms with E-state index in [9.17, 15) is 4.79 Å². The summed E-state index contributed by atoms with van der Waals surface area (Å²) in [5, 5.41) is 19.2. The Hall–Kier alpha value is -0.870. The highest BCUT2D eigenvalue weighted by Gasteiger charge is 2.03. The number of allylic oxidation sites excluding steroid dienone is 2. The molecule has 0 radical (unpaired) electrons. The fourth-order valence-electron chi connectivity index (χ4n) is 2.57. The zero-order chi connectivity index (χ0) is 17.2. The number of amides is 1. The third kappa shape index (κ3) is 19.1. The van der Waals surface area contributed by atoms with Crippen molar-refractivity contribution in [1.29, 1.82) is 0 Å². The van der Waals surface area contributed by atoms with Gasteiger partial charge in [0.2, 0.25) is 12.3 Å². The SMILES string of the molecule is CCCCCCCC/C=C\CCCCCCCC(=O)NC(O)O. The molecule has 0 unspecified atom stereocenters. The molecule has 0 aromatic carbocycles. The molecule has 0 saturated carbocycles. The van der Waals surface area contributed by atoms with E-state index in [1.807, 2.05) is 0 Å². The van der Waals surface area contributed by atoms with E-state index in [0.717, 1.165) is 25.7 Å². The van der Waals surface area contributed by atoms with Gasteiger partial charge in [-0.15, -0.1) is 0 Å². The van der Waals surface area contributed by atoms with Crippen LogP contribution in [0.4, 0.5) is 0 Å². The highest BCUT2D eigenvalue weighted by molar-refractivity contribution is 5.75. The molecule has 4 nitrogen and oxygen atoms in total. The van der Waals surface area contributed by atoms with E-state index in [0.29, 0.717) is 6.42 Å². The number of rotatable bonds is 16. The van der Waals surface area contributed by atoms with Crippen molar-refractivity contribution in [2.45, 2.75) is 103 Å². The van der Waals surface area contributed by atoms with Crippen molar-refractivity contribution in [3.8, 4) is 0 Å². The Morgan fingerprint density at radius 2 is 1.30 bits per heavy atom. The van der Waals surface area contributed by atoms with Gasteiger partial charge in [0, 0.05) is 6.42 Å². The molecule has 0 aliphatic heterocycles. The lowest BCUT2D eigenvalue weighted by atomic mass is 10.1. The largest absolute Gasteiger partial charge is 0.351 e. The lowest BCUT2D eigenvalue weighted by Gasteiger charge is -2.05. The summed E-state index contributed by atoms with van der Waals surface area (Å²) in [7, 11) is 0. The Bertz CT molecular complexity index is 290. The minimum Gasteiger partial charge on any atom is -0.351 e. The van der Waals surface area contributed by atoms with Crippen molar-refractivity contribution in [3.05, 3.63) is 12.2 Å². The van der Waals surface area contributed by atoms with Crippen molar-refractivity contribution >= 4 is 5.91 Å². The zero-order valence-electron chi connectivity index (χ0n) is 14.9. The molecule has 0 heterocycles. The number of hydrogen-bond acceptors (Lipinski definition) is 3. The molecule has 0 spiro atoms. The maximum Gasteiger partial charge on any atom is 0.235 e. The van der Waals surface area contributed by atoms with Crippen LogP contribution in [0.2, 0.25) is 0 Å². The fourth-order valence-corrected chi connectivity index (χ4v) is 2.57. The van der Waals surface area contributed by atoms with Gasteiger partial charge in [-0.2, -0.15) is 0 Å². The predicted octanol–water partition coefficient (Wildman–Crippen LogP) is 4.41. The summed E-state index contributed by atoms with van der Waals surface area (Å²) in [4.78, 5) is 11.1. The molecular formula is C19H37NO3. The van der Waals surface area contributed by atoms with E-state index in [-0.39, 0.29) is 5.91 Å². The van der Waals surface area contributed by atoms with Gasteiger partial charge in [-0.05, 0) is 32.1 Å². The number of hydrogen-bond donors (Lipinski definition) is 3. The van der Waals surface area contributed by atoms with Crippen LogP contribution in [0, 0.1) is 0 Å². The Labute approximate surface area is 142 Å². The van der Waals surface area contributed by atoms with E-state index in [4.69, 9.17) is 10.2 Å². The summed E-state index contributed by atoms with van der Waals surface area (Å²) in [5.74, 6) is -0.294. The number of aliphatic hydroxyl groups excluding tert-OH is 1. The second kappa shape index (κ2) is 17.5. The summed E-state index contributed by atoms with van der Waals surface area (Å²) in [5.41, 5.74) is 0. The molecule has 0 aromatic heterocycles. The molecule has 0 bridgehead atoms. The highest BCUT2D eigenvalue weighted by atomic mass is 16.5. The van der Waals surface area contributed by atoms with Crippen LogP contribution < -0.4 is 5.32 Å². The Balaban J connectivity index is 3.18. The molecule has 136 valence electrons. The van der Waals surface area contributed by atoms with Crippen molar-refractivity contribution in [1.82, 2.24) is 5.32 Å². The van der Waals surface area contributed by atoms with E-state index >= 15 is 0 Å². The first-order valence-corrected chi connectivity index (χ1v) is 9.47. The van der Waals surface area contributed by atoms with Crippen molar-refractivity contribution in [3.63, 3.8) is 0 Å². The summed E-state index contributed by atoms with van der Waals surface area (Å²) in [6.07, 6.45) is 19.2. The quantitative estimate of drug-likeness (QED) is 0.223. The summed E-state index contributed by atoms with van der Waals surface area (Å²) < 4.78 is 0. The minimum absolute atomic E-state index is 0.294. The molecule has 0 aliphatic rings. The van der Waals surface area contributed by atoms with Gasteiger partial charge in [0.15, 0.2) is 0 Å². The highest BCUT2D eigenvalue weighted by Crippen LogP contribution is 2.09. The molecule has 0 saturated heterocycles. The van der Waals surface area contributed by atoms with E-state index < -0.39 is 6.41 Å². The average molecular weight is 328 g/mol. The second-order valence-corrected chi connectivity index (χ2v) is 6.28. The van der Waals surface area contributed by atoms with Crippen LogP contribution in [0.1, 0.15) is 96.8 Å². The fraction of sp³-hybridized carbons (Fsp3) is 0.842. The number of carbonyl (C=O) groups excluding carboxylic acids is 1. The third-order valence-electron chi connectivity index (χ3n) is 3.96. The predicted molar refractivity (Wildman–Crippen MR) is 95.8 cm³/mol. The van der Waals surface area contributed by atoms with Gasteiger partial charge in [-0.25, -0.2) is 0 Å². The first kappa shape index (κ1) is 22.1. The van der Waals surface area contributed by atoms with Gasteiger partial charge < -0.3 is 15.5 Å². The summed E-state index contributed by atoms with van der Waals surface area (Å²) >= 11 is 0. The number of aliphatic hydroxyl groups is 2. The summed E-state index contributed by atoms with van der Waals surface area (Å²) in [6, 6.07) is 0. The monoisotopic (exact) mass is 327 g/mol. The first-order chi connectivity index (χ1) is 11.2. The van der Waals surface area contributed by atoms with Crippen LogP contribution in [-0.4, -0.2) is 22.5 Å². The smallest absolute Gasteiger partial charge is 0.235 e. The summed E-state index contributed by atoms with van der Waals surface area (Å²) in [6.45, 7) is 2.25. The standard InChI is InChI=1S/C19H37NO3/c1-2-3-4-5-6-7-8-9-10-11-12-13-14-15-16-17-18(21)20-19(22)23/h9-10,19,22-23H,2-8,11-17H2,1H3,(H,20,21)/b10-9-. The lowest BCUT2D eigenvalue weighted by Crippen LogP contribution is -2.33. The van der Waals surface area contributed by atoms with E-state index in [1.54, 1.807) is 0 Å². The maximum atomic E-state index is 11.1. The van der Waals surface area contributed by atoms with Crippen LogP contribution in [0.25, 0.3) is 0 Å². The molecule has 3 N–H and O–H groups in total. The van der Waals surface area contributed by atoms with E-state index in [1.165, 1.54) is 57.8 Å². The van der Waals surface area contributed by atoms with Crippen LogP contribution >= 0.6 is 0 Å². The Kier molecular flexibility index (Phi) is 16.8. The van der Waals surface area contributed by atoms with Crippen molar-refractivity contribution in [2.75, 3.05) is 0 Å². The van der Waals surface area contributed by atoms with Gasteiger partial charge in [0.05, 0.1) is 0 Å². The lowest BCUT2D eigenvalue weighted by molar-refractivity contribution is -0.134. The van der Waals surface area contributed by atoms with E-state index in [2.05, 4.69) is 24.4 Å². The van der Waals surface area contributed by atoms with Gasteiger partial charge in [0.25, 0.3) is 0 Å². The van der Waals surface area contributed by atoms with Gasteiger partial charge in [-0.1, -0.05) is 70.4 Å². The maximum absolute atomic E-state index is 11.1. The molecule has 0 atom stereocenters. The third-order valence-corrected chi connectivity index (χ3v) is 3.96. The topological polar surface area (TPSA) is 69.6 Å². The van der Waals surface area contributed by atoms with Gasteiger partial charge in [-0.3, -0.25) is 4.79 Å². The second-order valence-electron chi connectivity index (χ2n) is 6.28. The minimum atomic E-state index is -1.73. The zero-order valence-corrected chi connectivity index (χ0v) is 14.9.